The van der Waals surface area contributed by atoms with E-state index in [9.17, 15) is 4.79 Å². The maximum Gasteiger partial charge on any atom is 0.277 e. The minimum absolute atomic E-state index is 0.151. The van der Waals surface area contributed by atoms with Gasteiger partial charge in [0.1, 0.15) is 23.6 Å². The third kappa shape index (κ3) is 5.15. The van der Waals surface area contributed by atoms with Gasteiger partial charge in [0.15, 0.2) is 6.61 Å². The summed E-state index contributed by atoms with van der Waals surface area (Å²) < 4.78 is 11.0. The van der Waals surface area contributed by atoms with Crippen molar-refractivity contribution in [3.63, 3.8) is 0 Å². The van der Waals surface area contributed by atoms with Crippen molar-refractivity contribution in [2.24, 2.45) is 5.10 Å². The van der Waals surface area contributed by atoms with Crippen molar-refractivity contribution in [1.82, 2.24) is 10.4 Å². The summed E-state index contributed by atoms with van der Waals surface area (Å²) in [5, 5.41) is 4.88. The molecule has 136 valence electrons. The van der Waals surface area contributed by atoms with Gasteiger partial charge in [0, 0.05) is 11.6 Å². The second kappa shape index (κ2) is 9.15. The predicted molar refractivity (Wildman–Crippen MR) is 105 cm³/mol. The zero-order chi connectivity index (χ0) is 18.9. The second-order valence-electron chi connectivity index (χ2n) is 5.58. The summed E-state index contributed by atoms with van der Waals surface area (Å²) in [5.74, 6) is 0.945. The van der Waals surface area contributed by atoms with E-state index in [1.807, 2.05) is 48.5 Å². The maximum absolute atomic E-state index is 11.9. The Morgan fingerprint density at radius 3 is 2.74 bits per heavy atom. The van der Waals surface area contributed by atoms with Crippen LogP contribution in [-0.2, 0) is 4.79 Å². The molecule has 0 aliphatic heterocycles. The number of rotatable bonds is 8. The number of nitrogens with zero attached hydrogens (tertiary/aromatic N) is 2. The molecular weight excluding hydrogens is 342 g/mol. The molecule has 1 N–H and O–H groups in total. The van der Waals surface area contributed by atoms with Crippen LogP contribution < -0.4 is 14.9 Å². The van der Waals surface area contributed by atoms with E-state index in [2.05, 4.69) is 22.1 Å². The molecule has 6 nitrogen and oxygen atoms in total. The predicted octanol–water partition coefficient (Wildman–Crippen LogP) is 3.33. The van der Waals surface area contributed by atoms with Gasteiger partial charge in [0.05, 0.1) is 6.21 Å². The van der Waals surface area contributed by atoms with Crippen LogP contribution in [0.15, 0.2) is 78.6 Å². The zero-order valence-corrected chi connectivity index (χ0v) is 14.7. The summed E-state index contributed by atoms with van der Waals surface area (Å²) in [4.78, 5) is 16.2. The number of para-hydroxylation sites is 1. The van der Waals surface area contributed by atoms with E-state index in [-0.39, 0.29) is 12.5 Å². The molecule has 1 heterocycles. The summed E-state index contributed by atoms with van der Waals surface area (Å²) in [7, 11) is 0. The number of nitrogens with one attached hydrogen (secondary N) is 1. The van der Waals surface area contributed by atoms with E-state index in [1.54, 1.807) is 24.6 Å². The van der Waals surface area contributed by atoms with E-state index in [4.69, 9.17) is 9.47 Å². The van der Waals surface area contributed by atoms with Crippen molar-refractivity contribution in [2.75, 3.05) is 13.2 Å². The van der Waals surface area contributed by atoms with Crippen LogP contribution in [0.1, 0.15) is 5.56 Å². The fourth-order valence-corrected chi connectivity index (χ4v) is 2.35. The van der Waals surface area contributed by atoms with Crippen molar-refractivity contribution >= 4 is 23.0 Å². The molecule has 0 unspecified atom stereocenters. The van der Waals surface area contributed by atoms with Gasteiger partial charge in [-0.05, 0) is 42.0 Å². The average molecular weight is 361 g/mol. The zero-order valence-electron chi connectivity index (χ0n) is 14.7. The Balaban J connectivity index is 1.50. The van der Waals surface area contributed by atoms with Crippen molar-refractivity contribution in [1.29, 1.82) is 0 Å². The maximum atomic E-state index is 11.9. The first-order chi connectivity index (χ1) is 13.3. The van der Waals surface area contributed by atoms with Crippen LogP contribution in [0.2, 0.25) is 0 Å². The van der Waals surface area contributed by atoms with Gasteiger partial charge < -0.3 is 9.47 Å². The quantitative estimate of drug-likeness (QED) is 0.379. The van der Waals surface area contributed by atoms with Crippen molar-refractivity contribution < 1.29 is 14.3 Å². The Morgan fingerprint density at radius 1 is 1.11 bits per heavy atom. The van der Waals surface area contributed by atoms with Gasteiger partial charge in [-0.3, -0.25) is 9.78 Å². The van der Waals surface area contributed by atoms with Gasteiger partial charge in [-0.25, -0.2) is 5.43 Å². The van der Waals surface area contributed by atoms with Gasteiger partial charge >= 0.3 is 0 Å². The highest BCUT2D eigenvalue weighted by atomic mass is 16.5. The third-order valence-corrected chi connectivity index (χ3v) is 3.61. The number of carbonyl (C=O) groups is 1. The number of amides is 1. The molecule has 0 saturated heterocycles. The lowest BCUT2D eigenvalue weighted by Gasteiger charge is -2.07. The Labute approximate surface area is 157 Å². The number of ether oxygens (including phenoxy) is 2. The molecule has 27 heavy (non-hydrogen) atoms. The van der Waals surface area contributed by atoms with Gasteiger partial charge in [-0.15, -0.1) is 0 Å². The summed E-state index contributed by atoms with van der Waals surface area (Å²) >= 11 is 0. The first kappa shape index (κ1) is 18.1. The van der Waals surface area contributed by atoms with E-state index < -0.39 is 0 Å². The number of hydrogen-bond acceptors (Lipinski definition) is 5. The van der Waals surface area contributed by atoms with E-state index in [0.717, 1.165) is 22.2 Å². The molecule has 0 atom stereocenters. The number of fused-ring (bicyclic) bond motifs is 1. The Bertz CT molecular complexity index is 947. The van der Waals surface area contributed by atoms with E-state index >= 15 is 0 Å². The highest BCUT2D eigenvalue weighted by Gasteiger charge is 2.05. The minimum Gasteiger partial charge on any atom is -0.490 e. The standard InChI is InChI=1S/C21H19N3O3/c1-2-13-26-18-10-8-16(9-11-18)14-23-24-20(25)15-27-19-7-3-5-17-6-4-12-22-21(17)19/h2-12,14H,1,13,15H2,(H,24,25)/b23-14+. The molecule has 6 heteroatoms. The molecule has 1 amide bonds. The monoisotopic (exact) mass is 361 g/mol. The van der Waals surface area contributed by atoms with Crippen molar-refractivity contribution in [3.05, 3.63) is 79.0 Å². The van der Waals surface area contributed by atoms with Gasteiger partial charge in [0.25, 0.3) is 5.91 Å². The lowest BCUT2D eigenvalue weighted by Crippen LogP contribution is -2.24. The number of aromatic nitrogens is 1. The molecule has 3 aromatic rings. The van der Waals surface area contributed by atoms with E-state index in [0.29, 0.717) is 12.4 Å². The lowest BCUT2D eigenvalue weighted by molar-refractivity contribution is -0.123. The number of hydrogen-bond donors (Lipinski definition) is 1. The fourth-order valence-electron chi connectivity index (χ4n) is 2.35. The SMILES string of the molecule is C=CCOc1ccc(/C=N/NC(=O)COc2cccc3cccnc23)cc1. The fraction of sp³-hybridized carbons (Fsp3) is 0.0952. The molecule has 2 aromatic carbocycles. The molecule has 0 bridgehead atoms. The summed E-state index contributed by atoms with van der Waals surface area (Å²) in [6, 6.07) is 16.7. The third-order valence-electron chi connectivity index (χ3n) is 3.61. The highest BCUT2D eigenvalue weighted by molar-refractivity contribution is 5.85. The summed E-state index contributed by atoms with van der Waals surface area (Å²) in [6.07, 6.45) is 4.92. The molecule has 3 rings (SSSR count). The average Bonchev–Trinajstić information content (AvgIpc) is 2.71. The largest absolute Gasteiger partial charge is 0.490 e. The number of hydrazone groups is 1. The van der Waals surface area contributed by atoms with Crippen molar-refractivity contribution in [2.45, 2.75) is 0 Å². The molecule has 0 spiro atoms. The smallest absolute Gasteiger partial charge is 0.277 e. The molecule has 0 aliphatic rings. The normalized spacial score (nSPS) is 10.7. The second-order valence-corrected chi connectivity index (χ2v) is 5.58. The first-order valence-electron chi connectivity index (χ1n) is 8.38. The number of pyridine rings is 1. The van der Waals surface area contributed by atoms with Gasteiger partial charge in [-0.2, -0.15) is 5.10 Å². The number of carbonyl (C=O) groups excluding carboxylic acids is 1. The van der Waals surface area contributed by atoms with Crippen LogP contribution in [0, 0.1) is 0 Å². The molecule has 0 radical (unpaired) electrons. The van der Waals surface area contributed by atoms with Crippen molar-refractivity contribution in [3.8, 4) is 11.5 Å². The van der Waals surface area contributed by atoms with Crippen LogP contribution >= 0.6 is 0 Å². The Kier molecular flexibility index (Phi) is 6.14. The Morgan fingerprint density at radius 2 is 1.93 bits per heavy atom. The van der Waals surface area contributed by atoms with Crippen LogP contribution in [0.25, 0.3) is 10.9 Å². The first-order valence-corrected chi connectivity index (χ1v) is 8.38. The topological polar surface area (TPSA) is 72.8 Å². The Hall–Kier alpha value is -3.67. The molecular formula is C21H19N3O3. The minimum atomic E-state index is -0.356. The molecule has 0 aliphatic carbocycles. The summed E-state index contributed by atoms with van der Waals surface area (Å²) in [6.45, 7) is 3.90. The van der Waals surface area contributed by atoms with Gasteiger partial charge in [-0.1, -0.05) is 30.9 Å². The van der Waals surface area contributed by atoms with Crippen LogP contribution in [0.5, 0.6) is 11.5 Å². The lowest BCUT2D eigenvalue weighted by atomic mass is 10.2. The van der Waals surface area contributed by atoms with Crippen LogP contribution in [-0.4, -0.2) is 30.3 Å². The van der Waals surface area contributed by atoms with Crippen LogP contribution in [0.3, 0.4) is 0 Å². The molecule has 1 aromatic heterocycles. The van der Waals surface area contributed by atoms with E-state index in [1.165, 1.54) is 0 Å². The van der Waals surface area contributed by atoms with Gasteiger partial charge in [0.2, 0.25) is 0 Å². The van der Waals surface area contributed by atoms with Crippen LogP contribution in [0.4, 0.5) is 0 Å². The number of benzene rings is 2. The molecule has 0 saturated carbocycles. The highest BCUT2D eigenvalue weighted by Crippen LogP contribution is 2.22. The molecule has 0 fully saturated rings. The summed E-state index contributed by atoms with van der Waals surface area (Å²) in [5.41, 5.74) is 3.99.